The Morgan fingerprint density at radius 3 is 2.88 bits per heavy atom. The van der Waals surface area contributed by atoms with Crippen molar-refractivity contribution in [3.63, 3.8) is 0 Å². The number of carbonyl (C=O) groups is 2. The van der Waals surface area contributed by atoms with E-state index in [9.17, 15) is 9.59 Å². The number of H-pyrrole nitrogens is 1. The minimum atomic E-state index is -1.39. The summed E-state index contributed by atoms with van der Waals surface area (Å²) in [5, 5.41) is 10.2. The fourth-order valence-electron chi connectivity index (χ4n) is 2.90. The molecule has 126 valence electrons. The Morgan fingerprint density at radius 2 is 2.16 bits per heavy atom. The van der Waals surface area contributed by atoms with Crippen molar-refractivity contribution < 1.29 is 14.3 Å². The van der Waals surface area contributed by atoms with Gasteiger partial charge in [0.1, 0.15) is 12.0 Å². The summed E-state index contributed by atoms with van der Waals surface area (Å²) in [5.74, 6) is -0.461. The third-order valence-electron chi connectivity index (χ3n) is 4.28. The van der Waals surface area contributed by atoms with Gasteiger partial charge in [-0.15, -0.1) is 5.10 Å². The molecule has 3 aromatic rings. The van der Waals surface area contributed by atoms with Gasteiger partial charge in [0.2, 0.25) is 5.91 Å². The molecule has 0 radical (unpaired) electrons. The number of rotatable bonds is 3. The van der Waals surface area contributed by atoms with Crippen molar-refractivity contribution >= 4 is 28.6 Å². The molecule has 1 aliphatic heterocycles. The topological polar surface area (TPSA) is 123 Å². The van der Waals surface area contributed by atoms with E-state index in [4.69, 9.17) is 4.74 Å². The van der Waals surface area contributed by atoms with Crippen molar-refractivity contribution in [1.29, 1.82) is 0 Å². The van der Waals surface area contributed by atoms with Gasteiger partial charge < -0.3 is 15.0 Å². The quantitative estimate of drug-likeness (QED) is 0.543. The first kappa shape index (κ1) is 15.2. The predicted molar refractivity (Wildman–Crippen MR) is 87.5 cm³/mol. The van der Waals surface area contributed by atoms with Gasteiger partial charge in [0.15, 0.2) is 11.2 Å². The second-order valence-corrected chi connectivity index (χ2v) is 5.79. The highest BCUT2D eigenvalue weighted by Crippen LogP contribution is 2.40. The van der Waals surface area contributed by atoms with E-state index >= 15 is 0 Å². The molecule has 4 rings (SSSR count). The van der Waals surface area contributed by atoms with E-state index < -0.39 is 17.3 Å². The maximum Gasteiger partial charge on any atom is 0.326 e. The second kappa shape index (κ2) is 5.33. The monoisotopic (exact) mass is 338 g/mol. The van der Waals surface area contributed by atoms with Gasteiger partial charge in [-0.2, -0.15) is 5.10 Å². The number of anilines is 1. The molecular formula is C16H14N6O3. The van der Waals surface area contributed by atoms with Crippen LogP contribution in [0.15, 0.2) is 24.7 Å². The van der Waals surface area contributed by atoms with Gasteiger partial charge in [0, 0.05) is 11.3 Å². The largest absolute Gasteiger partial charge is 0.465 e. The highest BCUT2D eigenvalue weighted by molar-refractivity contribution is 6.19. The molecule has 0 spiro atoms. The highest BCUT2D eigenvalue weighted by Gasteiger charge is 2.50. The second-order valence-electron chi connectivity index (χ2n) is 5.79. The molecule has 1 aromatic carbocycles. The van der Waals surface area contributed by atoms with Crippen LogP contribution in [0.25, 0.3) is 22.6 Å². The number of ether oxygens (including phenoxy) is 1. The van der Waals surface area contributed by atoms with Crippen LogP contribution in [0, 0.1) is 0 Å². The van der Waals surface area contributed by atoms with Crippen LogP contribution in [0.2, 0.25) is 0 Å². The Kier molecular flexibility index (Phi) is 3.24. The van der Waals surface area contributed by atoms with Crippen LogP contribution in [-0.2, 0) is 19.7 Å². The third-order valence-corrected chi connectivity index (χ3v) is 4.28. The van der Waals surface area contributed by atoms with Crippen LogP contribution < -0.4 is 5.32 Å². The van der Waals surface area contributed by atoms with Gasteiger partial charge in [0.25, 0.3) is 0 Å². The number of hydrogen-bond acceptors (Lipinski definition) is 7. The summed E-state index contributed by atoms with van der Waals surface area (Å²) < 4.78 is 5.09. The van der Waals surface area contributed by atoms with Crippen molar-refractivity contribution in [3.8, 4) is 11.5 Å². The molecule has 2 N–H and O–H groups in total. The number of fused-ring (bicyclic) bond motifs is 2. The average molecular weight is 338 g/mol. The lowest BCUT2D eigenvalue weighted by Gasteiger charge is -2.19. The molecule has 25 heavy (non-hydrogen) atoms. The van der Waals surface area contributed by atoms with Crippen molar-refractivity contribution in [3.05, 3.63) is 30.2 Å². The number of benzene rings is 1. The number of amides is 1. The van der Waals surface area contributed by atoms with Crippen LogP contribution in [0.4, 0.5) is 5.69 Å². The lowest BCUT2D eigenvalue weighted by Crippen LogP contribution is -2.40. The third kappa shape index (κ3) is 2.16. The Morgan fingerprint density at radius 1 is 1.32 bits per heavy atom. The van der Waals surface area contributed by atoms with E-state index in [1.54, 1.807) is 26.0 Å². The first-order valence-electron chi connectivity index (χ1n) is 7.70. The molecule has 3 heterocycles. The average Bonchev–Trinajstić information content (AvgIpc) is 3.14. The lowest BCUT2D eigenvalue weighted by atomic mass is 9.83. The number of aromatic nitrogens is 5. The van der Waals surface area contributed by atoms with Crippen LogP contribution in [0.1, 0.15) is 19.4 Å². The van der Waals surface area contributed by atoms with E-state index in [-0.39, 0.29) is 6.61 Å². The fraction of sp³-hybridized carbons (Fsp3) is 0.250. The summed E-state index contributed by atoms with van der Waals surface area (Å²) >= 11 is 0. The summed E-state index contributed by atoms with van der Waals surface area (Å²) in [5.41, 5.74) is 1.58. The van der Waals surface area contributed by atoms with E-state index in [1.165, 1.54) is 12.5 Å². The molecule has 9 heteroatoms. The number of nitrogens with one attached hydrogen (secondary N) is 2. The zero-order valence-electron chi connectivity index (χ0n) is 13.5. The van der Waals surface area contributed by atoms with Gasteiger partial charge in [-0.1, -0.05) is 0 Å². The Labute approximate surface area is 141 Å². The summed E-state index contributed by atoms with van der Waals surface area (Å²) in [7, 11) is 0. The summed E-state index contributed by atoms with van der Waals surface area (Å²) in [6.45, 7) is 3.47. The molecule has 0 bridgehead atoms. The number of carbonyl (C=O) groups excluding carboxylic acids is 2. The van der Waals surface area contributed by atoms with E-state index in [0.29, 0.717) is 33.8 Å². The van der Waals surface area contributed by atoms with Gasteiger partial charge in [-0.3, -0.25) is 9.59 Å². The number of aromatic amines is 1. The van der Waals surface area contributed by atoms with Crippen molar-refractivity contribution in [2.45, 2.75) is 19.3 Å². The molecule has 2 aromatic heterocycles. The molecular weight excluding hydrogens is 324 g/mol. The number of esters is 1. The smallest absolute Gasteiger partial charge is 0.326 e. The fourth-order valence-corrected chi connectivity index (χ4v) is 2.90. The SMILES string of the molecule is CCOC(=O)C1(C)C(=O)Nc2cc3nc(-c4cnncn4)[nH]c3cc21. The Bertz CT molecular complexity index is 1000. The molecule has 1 aliphatic rings. The molecule has 0 saturated carbocycles. The lowest BCUT2D eigenvalue weighted by molar-refractivity contribution is -0.152. The molecule has 1 atom stereocenters. The number of hydrogen-bond donors (Lipinski definition) is 2. The summed E-state index contributed by atoms with van der Waals surface area (Å²) in [6.07, 6.45) is 2.83. The predicted octanol–water partition coefficient (Wildman–Crippen LogP) is 1.19. The van der Waals surface area contributed by atoms with Crippen LogP contribution in [0.5, 0.6) is 0 Å². The molecule has 1 unspecified atom stereocenters. The molecule has 0 saturated heterocycles. The van der Waals surface area contributed by atoms with Gasteiger partial charge in [-0.05, 0) is 26.0 Å². The van der Waals surface area contributed by atoms with E-state index in [0.717, 1.165) is 0 Å². The summed E-state index contributed by atoms with van der Waals surface area (Å²) in [4.78, 5) is 36.5. The molecule has 0 fully saturated rings. The first-order valence-corrected chi connectivity index (χ1v) is 7.70. The van der Waals surface area contributed by atoms with Crippen molar-refractivity contribution in [2.24, 2.45) is 0 Å². The normalized spacial score (nSPS) is 18.9. The van der Waals surface area contributed by atoms with Gasteiger partial charge in [0.05, 0.1) is 23.8 Å². The zero-order valence-corrected chi connectivity index (χ0v) is 13.5. The minimum Gasteiger partial charge on any atom is -0.465 e. The highest BCUT2D eigenvalue weighted by atomic mass is 16.5. The Hall–Kier alpha value is -3.36. The van der Waals surface area contributed by atoms with Gasteiger partial charge in [-0.25, -0.2) is 9.97 Å². The van der Waals surface area contributed by atoms with E-state index in [2.05, 4.69) is 30.5 Å². The number of imidazole rings is 1. The minimum absolute atomic E-state index is 0.203. The molecule has 1 amide bonds. The number of nitrogens with zero attached hydrogens (tertiary/aromatic N) is 4. The van der Waals surface area contributed by atoms with Gasteiger partial charge >= 0.3 is 5.97 Å². The van der Waals surface area contributed by atoms with Crippen LogP contribution in [-0.4, -0.2) is 43.6 Å². The maximum absolute atomic E-state index is 12.4. The molecule has 9 nitrogen and oxygen atoms in total. The zero-order chi connectivity index (χ0) is 17.6. The molecule has 0 aliphatic carbocycles. The standard InChI is InChI=1S/C16H14N6O3/c1-3-25-15(24)16(2)8-4-10-11(5-9(8)22-14(16)23)21-13(20-10)12-6-18-19-7-17-12/h4-7H,3H2,1-2H3,(H,20,21)(H,22,23). The Balaban J connectivity index is 1.85. The van der Waals surface area contributed by atoms with E-state index in [1.807, 2.05) is 0 Å². The summed E-state index contributed by atoms with van der Waals surface area (Å²) in [6, 6.07) is 3.46. The van der Waals surface area contributed by atoms with Crippen LogP contribution >= 0.6 is 0 Å². The first-order chi connectivity index (χ1) is 12.0. The van der Waals surface area contributed by atoms with Crippen LogP contribution in [0.3, 0.4) is 0 Å². The maximum atomic E-state index is 12.4. The van der Waals surface area contributed by atoms with Crippen molar-refractivity contribution in [2.75, 3.05) is 11.9 Å². The van der Waals surface area contributed by atoms with Crippen molar-refractivity contribution in [1.82, 2.24) is 25.1 Å².